The van der Waals surface area contributed by atoms with Gasteiger partial charge in [0, 0.05) is 49.0 Å². The number of fused-ring (bicyclic) bond motifs is 1. The largest absolute Gasteiger partial charge is 0.368 e. The number of benzene rings is 2. The summed E-state index contributed by atoms with van der Waals surface area (Å²) < 4.78 is 13.5. The molecule has 4 nitrogen and oxygen atoms in total. The van der Waals surface area contributed by atoms with Crippen molar-refractivity contribution in [3.8, 4) is 0 Å². The minimum Gasteiger partial charge on any atom is -0.368 e. The summed E-state index contributed by atoms with van der Waals surface area (Å²) in [6.45, 7) is 3.19. The predicted octanol–water partition coefficient (Wildman–Crippen LogP) is 3.69. The molecule has 27 heavy (non-hydrogen) atoms. The summed E-state index contributed by atoms with van der Waals surface area (Å²) in [5.41, 5.74) is 2.57. The number of hydrogen-bond donors (Lipinski definition) is 1. The lowest BCUT2D eigenvalue weighted by atomic mass is 9.93. The molecule has 1 N–H and O–H groups in total. The molecule has 2 aliphatic rings. The first-order valence-electron chi connectivity index (χ1n) is 9.54. The molecule has 0 atom stereocenters. The van der Waals surface area contributed by atoms with Gasteiger partial charge < -0.3 is 14.8 Å². The number of amides is 1. The van der Waals surface area contributed by atoms with Crippen molar-refractivity contribution in [3.63, 3.8) is 0 Å². The predicted molar refractivity (Wildman–Crippen MR) is 104 cm³/mol. The number of aromatic amines is 1. The molecule has 0 spiro atoms. The Balaban J connectivity index is 1.35. The van der Waals surface area contributed by atoms with Crippen molar-refractivity contribution in [2.45, 2.75) is 18.3 Å². The van der Waals surface area contributed by atoms with E-state index in [1.165, 1.54) is 17.8 Å². The Labute approximate surface area is 157 Å². The second-order valence-corrected chi connectivity index (χ2v) is 7.59. The molecular weight excluding hydrogens is 341 g/mol. The molecule has 5 heteroatoms. The number of nitrogens with zero attached hydrogens (tertiary/aromatic N) is 2. The zero-order valence-corrected chi connectivity index (χ0v) is 15.1. The van der Waals surface area contributed by atoms with E-state index in [2.05, 4.69) is 22.0 Å². The summed E-state index contributed by atoms with van der Waals surface area (Å²) in [5.74, 6) is -0.0375. The van der Waals surface area contributed by atoms with E-state index in [0.717, 1.165) is 55.5 Å². The molecule has 0 bridgehead atoms. The van der Waals surface area contributed by atoms with Crippen LogP contribution in [0, 0.1) is 5.82 Å². The number of halogens is 1. The van der Waals surface area contributed by atoms with E-state index in [4.69, 9.17) is 0 Å². The number of carbonyl (C=O) groups is 1. The molecule has 1 aliphatic heterocycles. The van der Waals surface area contributed by atoms with Crippen LogP contribution in [0.15, 0.2) is 54.7 Å². The highest BCUT2D eigenvalue weighted by Crippen LogP contribution is 2.51. The van der Waals surface area contributed by atoms with Gasteiger partial charge in [0.2, 0.25) is 5.91 Å². The van der Waals surface area contributed by atoms with E-state index in [9.17, 15) is 9.18 Å². The standard InChI is InChI=1S/C22H22FN3O/c23-16-6-7-18-19(15-24-20(18)14-16)22(8-9-22)21(27)26-12-10-25(11-13-26)17-4-2-1-3-5-17/h1-7,14-15,24H,8-13H2. The van der Waals surface area contributed by atoms with Crippen LogP contribution in [0.3, 0.4) is 0 Å². The van der Waals surface area contributed by atoms with Gasteiger partial charge in [-0.2, -0.15) is 0 Å². The highest BCUT2D eigenvalue weighted by molar-refractivity contribution is 5.97. The molecule has 2 heterocycles. The van der Waals surface area contributed by atoms with E-state index in [1.54, 1.807) is 6.07 Å². The van der Waals surface area contributed by atoms with Gasteiger partial charge in [-0.25, -0.2) is 4.39 Å². The zero-order chi connectivity index (χ0) is 18.4. The smallest absolute Gasteiger partial charge is 0.233 e. The van der Waals surface area contributed by atoms with Crippen molar-refractivity contribution in [1.29, 1.82) is 0 Å². The fourth-order valence-electron chi connectivity index (χ4n) is 4.33. The van der Waals surface area contributed by atoms with Crippen LogP contribution in [-0.4, -0.2) is 42.0 Å². The number of carbonyl (C=O) groups excluding carboxylic acids is 1. The van der Waals surface area contributed by atoms with Gasteiger partial charge in [-0.1, -0.05) is 18.2 Å². The lowest BCUT2D eigenvalue weighted by Crippen LogP contribution is -2.51. The molecule has 1 aliphatic carbocycles. The molecule has 0 radical (unpaired) electrons. The average Bonchev–Trinajstić information content (AvgIpc) is 3.41. The van der Waals surface area contributed by atoms with Crippen molar-refractivity contribution >= 4 is 22.5 Å². The third-order valence-electron chi connectivity index (χ3n) is 6.01. The Bertz CT molecular complexity index is 985. The molecular formula is C22H22FN3O. The average molecular weight is 363 g/mol. The van der Waals surface area contributed by atoms with Crippen LogP contribution >= 0.6 is 0 Å². The van der Waals surface area contributed by atoms with E-state index >= 15 is 0 Å². The fourth-order valence-corrected chi connectivity index (χ4v) is 4.33. The Hall–Kier alpha value is -2.82. The number of H-pyrrole nitrogens is 1. The van der Waals surface area contributed by atoms with Crippen molar-refractivity contribution in [2.75, 3.05) is 31.1 Å². The quantitative estimate of drug-likeness (QED) is 0.771. The fraction of sp³-hybridized carbons (Fsp3) is 0.318. The van der Waals surface area contributed by atoms with Crippen molar-refractivity contribution < 1.29 is 9.18 Å². The molecule has 0 unspecified atom stereocenters. The number of para-hydroxylation sites is 1. The highest BCUT2D eigenvalue weighted by atomic mass is 19.1. The first-order valence-corrected chi connectivity index (χ1v) is 9.54. The first-order chi connectivity index (χ1) is 13.2. The normalized spacial score (nSPS) is 18.7. The van der Waals surface area contributed by atoms with Crippen LogP contribution in [0.2, 0.25) is 0 Å². The summed E-state index contributed by atoms with van der Waals surface area (Å²) in [7, 11) is 0. The number of anilines is 1. The number of nitrogens with one attached hydrogen (secondary N) is 1. The van der Waals surface area contributed by atoms with Crippen molar-refractivity contribution in [1.82, 2.24) is 9.88 Å². The molecule has 1 saturated heterocycles. The lowest BCUT2D eigenvalue weighted by Gasteiger charge is -2.37. The van der Waals surface area contributed by atoms with Gasteiger partial charge in [0.15, 0.2) is 0 Å². The van der Waals surface area contributed by atoms with E-state index in [0.29, 0.717) is 0 Å². The van der Waals surface area contributed by atoms with Crippen LogP contribution in [0.1, 0.15) is 18.4 Å². The van der Waals surface area contributed by atoms with Gasteiger partial charge in [0.05, 0.1) is 5.41 Å². The van der Waals surface area contributed by atoms with Crippen LogP contribution in [0.4, 0.5) is 10.1 Å². The Morgan fingerprint density at radius 3 is 2.44 bits per heavy atom. The molecule has 1 saturated carbocycles. The molecule has 1 amide bonds. The summed E-state index contributed by atoms with van der Waals surface area (Å²) >= 11 is 0. The second-order valence-electron chi connectivity index (χ2n) is 7.59. The Morgan fingerprint density at radius 2 is 1.74 bits per heavy atom. The number of aromatic nitrogens is 1. The number of hydrogen-bond acceptors (Lipinski definition) is 2. The maximum absolute atomic E-state index is 13.5. The molecule has 3 aromatic rings. The zero-order valence-electron chi connectivity index (χ0n) is 15.1. The monoisotopic (exact) mass is 363 g/mol. The van der Waals surface area contributed by atoms with Crippen LogP contribution < -0.4 is 4.90 Å². The lowest BCUT2D eigenvalue weighted by molar-refractivity contribution is -0.134. The Kier molecular flexibility index (Phi) is 3.71. The van der Waals surface area contributed by atoms with E-state index in [-0.39, 0.29) is 11.7 Å². The van der Waals surface area contributed by atoms with Crippen LogP contribution in [0.25, 0.3) is 10.9 Å². The first kappa shape index (κ1) is 16.4. The van der Waals surface area contributed by atoms with E-state index in [1.807, 2.05) is 29.3 Å². The topological polar surface area (TPSA) is 39.3 Å². The number of rotatable bonds is 3. The van der Waals surface area contributed by atoms with Gasteiger partial charge >= 0.3 is 0 Å². The number of piperazine rings is 1. The third kappa shape index (κ3) is 2.69. The maximum atomic E-state index is 13.5. The van der Waals surface area contributed by atoms with Crippen molar-refractivity contribution in [3.05, 3.63) is 66.1 Å². The third-order valence-corrected chi connectivity index (χ3v) is 6.01. The maximum Gasteiger partial charge on any atom is 0.233 e. The Morgan fingerprint density at radius 1 is 1.00 bits per heavy atom. The van der Waals surface area contributed by atoms with Crippen LogP contribution in [0.5, 0.6) is 0 Å². The van der Waals surface area contributed by atoms with Crippen molar-refractivity contribution in [2.24, 2.45) is 0 Å². The summed E-state index contributed by atoms with van der Waals surface area (Å²) in [6.07, 6.45) is 3.64. The van der Waals surface area contributed by atoms with Crippen LogP contribution in [-0.2, 0) is 10.2 Å². The molecule has 138 valence electrons. The second kappa shape index (κ2) is 6.12. The molecule has 5 rings (SSSR count). The highest BCUT2D eigenvalue weighted by Gasteiger charge is 2.54. The minimum atomic E-state index is -0.426. The van der Waals surface area contributed by atoms with Gasteiger partial charge in [-0.05, 0) is 48.7 Å². The van der Waals surface area contributed by atoms with Gasteiger partial charge in [0.25, 0.3) is 0 Å². The summed E-state index contributed by atoms with van der Waals surface area (Å²) in [5, 5.41) is 0.963. The SMILES string of the molecule is O=C(N1CCN(c2ccccc2)CC1)C1(c2c[nH]c3cc(F)ccc23)CC1. The molecule has 2 aromatic carbocycles. The summed E-state index contributed by atoms with van der Waals surface area (Å²) in [4.78, 5) is 20.8. The molecule has 1 aromatic heterocycles. The minimum absolute atomic E-state index is 0.223. The summed E-state index contributed by atoms with van der Waals surface area (Å²) in [6, 6.07) is 15.1. The van der Waals surface area contributed by atoms with Gasteiger partial charge in [-0.3, -0.25) is 4.79 Å². The van der Waals surface area contributed by atoms with Gasteiger partial charge in [0.1, 0.15) is 5.82 Å². The molecule has 2 fully saturated rings. The van der Waals surface area contributed by atoms with E-state index < -0.39 is 5.41 Å². The van der Waals surface area contributed by atoms with Gasteiger partial charge in [-0.15, -0.1) is 0 Å².